The SMILES string of the molecule is CC1(C)CC(=C2C(=O)CC(CCO)CC2=O)C(C#N)=C(N2CCCC2)C1. The van der Waals surface area contributed by atoms with Crippen LogP contribution in [0.3, 0.4) is 0 Å². The first-order chi connectivity index (χ1) is 12.4. The lowest BCUT2D eigenvalue weighted by atomic mass is 9.69. The second-order valence-corrected chi connectivity index (χ2v) is 8.63. The number of nitriles is 1. The van der Waals surface area contributed by atoms with Crippen LogP contribution in [-0.2, 0) is 9.59 Å². The van der Waals surface area contributed by atoms with E-state index >= 15 is 0 Å². The van der Waals surface area contributed by atoms with Gasteiger partial charge in [-0.05, 0) is 49.0 Å². The van der Waals surface area contributed by atoms with Crippen molar-refractivity contribution in [3.05, 3.63) is 22.4 Å². The third-order valence-corrected chi connectivity index (χ3v) is 5.84. The van der Waals surface area contributed by atoms with Crippen molar-refractivity contribution in [1.82, 2.24) is 4.90 Å². The van der Waals surface area contributed by atoms with Crippen LogP contribution >= 0.6 is 0 Å². The summed E-state index contributed by atoms with van der Waals surface area (Å²) in [5, 5.41) is 19.0. The second-order valence-electron chi connectivity index (χ2n) is 8.63. The van der Waals surface area contributed by atoms with E-state index in [-0.39, 0.29) is 35.1 Å². The Bertz CT molecular complexity index is 698. The summed E-state index contributed by atoms with van der Waals surface area (Å²) in [4.78, 5) is 27.8. The minimum atomic E-state index is -0.152. The van der Waals surface area contributed by atoms with Crippen LogP contribution < -0.4 is 0 Å². The predicted molar refractivity (Wildman–Crippen MR) is 97.9 cm³/mol. The predicted octanol–water partition coefficient (Wildman–Crippen LogP) is 2.91. The van der Waals surface area contributed by atoms with Gasteiger partial charge in [0.05, 0.1) is 11.1 Å². The number of hydrogen-bond acceptors (Lipinski definition) is 5. The topological polar surface area (TPSA) is 81.4 Å². The summed E-state index contributed by atoms with van der Waals surface area (Å²) in [7, 11) is 0. The van der Waals surface area contributed by atoms with Crippen molar-refractivity contribution >= 4 is 11.6 Å². The molecule has 3 aliphatic rings. The van der Waals surface area contributed by atoms with Crippen LogP contribution in [0.2, 0.25) is 0 Å². The maximum atomic E-state index is 12.8. The highest BCUT2D eigenvalue weighted by Gasteiger charge is 2.39. The van der Waals surface area contributed by atoms with Gasteiger partial charge >= 0.3 is 0 Å². The van der Waals surface area contributed by atoms with Gasteiger partial charge in [-0.3, -0.25) is 9.59 Å². The molecular formula is C21H28N2O3. The number of Topliss-reactive ketones (excluding diaryl/α,β-unsaturated/α-hetero) is 2. The van der Waals surface area contributed by atoms with Crippen LogP contribution in [0.4, 0.5) is 0 Å². The van der Waals surface area contributed by atoms with Crippen molar-refractivity contribution in [2.45, 2.75) is 58.8 Å². The molecule has 140 valence electrons. The number of hydrogen-bond donors (Lipinski definition) is 1. The molecule has 0 aromatic heterocycles. The highest BCUT2D eigenvalue weighted by Crippen LogP contribution is 2.45. The smallest absolute Gasteiger partial charge is 0.167 e. The van der Waals surface area contributed by atoms with E-state index in [1.165, 1.54) is 0 Å². The molecule has 5 heteroatoms. The third-order valence-electron chi connectivity index (χ3n) is 5.84. The lowest BCUT2D eigenvalue weighted by Gasteiger charge is -2.38. The van der Waals surface area contributed by atoms with Crippen molar-refractivity contribution in [1.29, 1.82) is 5.26 Å². The molecule has 1 aliphatic heterocycles. The number of rotatable bonds is 3. The molecule has 1 heterocycles. The lowest BCUT2D eigenvalue weighted by molar-refractivity contribution is -0.125. The van der Waals surface area contributed by atoms with E-state index in [0.29, 0.717) is 36.8 Å². The van der Waals surface area contributed by atoms with Crippen molar-refractivity contribution in [2.75, 3.05) is 19.7 Å². The molecule has 1 saturated carbocycles. The number of aliphatic hydroxyl groups is 1. The Kier molecular flexibility index (Phi) is 5.34. The van der Waals surface area contributed by atoms with Crippen LogP contribution in [0.25, 0.3) is 0 Å². The minimum Gasteiger partial charge on any atom is -0.396 e. The lowest BCUT2D eigenvalue weighted by Crippen LogP contribution is -2.33. The Hall–Kier alpha value is -1.93. The summed E-state index contributed by atoms with van der Waals surface area (Å²) < 4.78 is 0. The van der Waals surface area contributed by atoms with Gasteiger partial charge in [-0.15, -0.1) is 0 Å². The average Bonchev–Trinajstić information content (AvgIpc) is 3.07. The molecule has 0 aromatic rings. The fraction of sp³-hybridized carbons (Fsp3) is 0.667. The number of carbonyl (C=O) groups excluding carboxylic acids is 2. The van der Waals surface area contributed by atoms with Gasteiger partial charge in [-0.25, -0.2) is 0 Å². The Labute approximate surface area is 155 Å². The molecule has 0 unspecified atom stereocenters. The number of nitrogens with zero attached hydrogens (tertiary/aromatic N) is 2. The molecule has 2 aliphatic carbocycles. The van der Waals surface area contributed by atoms with Gasteiger partial charge in [0.2, 0.25) is 0 Å². The molecule has 3 rings (SSSR count). The van der Waals surface area contributed by atoms with Crippen LogP contribution in [0.15, 0.2) is 22.4 Å². The fourth-order valence-corrected chi connectivity index (χ4v) is 4.63. The molecular weight excluding hydrogens is 328 g/mol. The van der Waals surface area contributed by atoms with E-state index in [0.717, 1.165) is 38.0 Å². The first-order valence-corrected chi connectivity index (χ1v) is 9.65. The van der Waals surface area contributed by atoms with Gasteiger partial charge < -0.3 is 10.0 Å². The van der Waals surface area contributed by atoms with E-state index < -0.39 is 0 Å². The molecule has 0 spiro atoms. The van der Waals surface area contributed by atoms with Gasteiger partial charge in [0.15, 0.2) is 11.6 Å². The first kappa shape index (κ1) is 18.8. The second kappa shape index (κ2) is 7.36. The van der Waals surface area contributed by atoms with Gasteiger partial charge in [0.1, 0.15) is 6.07 Å². The zero-order chi connectivity index (χ0) is 18.9. The van der Waals surface area contributed by atoms with Crippen molar-refractivity contribution in [2.24, 2.45) is 11.3 Å². The van der Waals surface area contributed by atoms with Crippen molar-refractivity contribution in [3.63, 3.8) is 0 Å². The van der Waals surface area contributed by atoms with E-state index in [4.69, 9.17) is 5.11 Å². The van der Waals surface area contributed by atoms with Gasteiger partial charge in [0, 0.05) is 38.2 Å². The van der Waals surface area contributed by atoms with E-state index in [1.807, 2.05) is 0 Å². The molecule has 0 radical (unpaired) electrons. The molecule has 5 nitrogen and oxygen atoms in total. The van der Waals surface area contributed by atoms with Crippen LogP contribution in [0.1, 0.15) is 58.8 Å². The molecule has 26 heavy (non-hydrogen) atoms. The largest absolute Gasteiger partial charge is 0.396 e. The summed E-state index contributed by atoms with van der Waals surface area (Å²) in [5.41, 5.74) is 2.43. The quantitative estimate of drug-likeness (QED) is 0.621. The van der Waals surface area contributed by atoms with E-state index in [2.05, 4.69) is 24.8 Å². The molecule has 0 atom stereocenters. The molecule has 1 N–H and O–H groups in total. The van der Waals surface area contributed by atoms with Gasteiger partial charge in [0.25, 0.3) is 0 Å². The zero-order valence-corrected chi connectivity index (χ0v) is 15.8. The Morgan fingerprint density at radius 3 is 2.31 bits per heavy atom. The maximum Gasteiger partial charge on any atom is 0.167 e. The molecule has 1 saturated heterocycles. The number of carbonyl (C=O) groups is 2. The van der Waals surface area contributed by atoms with E-state index in [1.54, 1.807) is 0 Å². The standard InChI is InChI=1S/C21H28N2O3/c1-21(2)11-15(16(13-22)17(12-21)23-6-3-4-7-23)20-18(25)9-14(5-8-24)10-19(20)26/h14,24H,3-12H2,1-2H3. The van der Waals surface area contributed by atoms with Crippen LogP contribution in [0.5, 0.6) is 0 Å². The zero-order valence-electron chi connectivity index (χ0n) is 15.8. The Balaban J connectivity index is 2.07. The summed E-state index contributed by atoms with van der Waals surface area (Å²) in [5.74, 6) is -0.379. The molecule has 0 aromatic carbocycles. The first-order valence-electron chi connectivity index (χ1n) is 9.65. The summed E-state index contributed by atoms with van der Waals surface area (Å²) in [6, 6.07) is 2.33. The Morgan fingerprint density at radius 1 is 1.15 bits per heavy atom. The molecule has 0 bridgehead atoms. The fourth-order valence-electron chi connectivity index (χ4n) is 4.63. The highest BCUT2D eigenvalue weighted by atomic mass is 16.3. The van der Waals surface area contributed by atoms with Gasteiger partial charge in [-0.2, -0.15) is 5.26 Å². The van der Waals surface area contributed by atoms with Crippen molar-refractivity contribution in [3.8, 4) is 6.07 Å². The van der Waals surface area contributed by atoms with Crippen LogP contribution in [0, 0.1) is 22.7 Å². The maximum absolute atomic E-state index is 12.8. The minimum absolute atomic E-state index is 0.00732. The van der Waals surface area contributed by atoms with Gasteiger partial charge in [-0.1, -0.05) is 13.8 Å². The summed E-state index contributed by atoms with van der Waals surface area (Å²) in [6.07, 6.45) is 4.70. The normalized spacial score (nSPS) is 26.5. The highest BCUT2D eigenvalue weighted by molar-refractivity contribution is 6.23. The Morgan fingerprint density at radius 2 is 1.77 bits per heavy atom. The summed E-state index contributed by atoms with van der Waals surface area (Å²) >= 11 is 0. The summed E-state index contributed by atoms with van der Waals surface area (Å²) in [6.45, 7) is 6.17. The third kappa shape index (κ3) is 3.61. The number of ketones is 2. The molecule has 0 amide bonds. The number of allylic oxidation sites excluding steroid dienone is 4. The average molecular weight is 356 g/mol. The monoisotopic (exact) mass is 356 g/mol. The number of likely N-dealkylation sites (tertiary alicyclic amines) is 1. The molecule has 2 fully saturated rings. The van der Waals surface area contributed by atoms with Crippen LogP contribution in [-0.4, -0.2) is 41.3 Å². The van der Waals surface area contributed by atoms with E-state index in [9.17, 15) is 14.9 Å². The number of aliphatic hydroxyl groups excluding tert-OH is 1. The van der Waals surface area contributed by atoms with Crippen molar-refractivity contribution < 1.29 is 14.7 Å².